The van der Waals surface area contributed by atoms with Crippen molar-refractivity contribution >= 4 is 40.8 Å². The molecule has 0 bridgehead atoms. The molecule has 0 radical (unpaired) electrons. The predicted octanol–water partition coefficient (Wildman–Crippen LogP) is 1.92. The van der Waals surface area contributed by atoms with E-state index in [-0.39, 0.29) is 29.9 Å². The molecule has 5 heteroatoms. The molecule has 17 heavy (non-hydrogen) atoms. The molecule has 0 saturated carbocycles. The average Bonchev–Trinajstić information content (AvgIpc) is 2.68. The van der Waals surface area contributed by atoms with Crippen LogP contribution in [-0.4, -0.2) is 17.1 Å². The molecule has 1 heterocycles. The Hall–Kier alpha value is -1.24. The quantitative estimate of drug-likeness (QED) is 0.385. The Balaban J connectivity index is 0.00000144. The second-order valence-corrected chi connectivity index (χ2v) is 3.73. The number of guanidine groups is 1. The lowest BCUT2D eigenvalue weighted by atomic mass is 10.2. The van der Waals surface area contributed by atoms with Gasteiger partial charge in [-0.1, -0.05) is 18.2 Å². The van der Waals surface area contributed by atoms with Gasteiger partial charge in [0, 0.05) is 24.8 Å². The molecular weight excluding hydrogens is 327 g/mol. The van der Waals surface area contributed by atoms with Crippen LogP contribution in [-0.2, 0) is 6.54 Å². The molecule has 0 fully saturated rings. The highest BCUT2D eigenvalue weighted by atomic mass is 127. The summed E-state index contributed by atoms with van der Waals surface area (Å²) in [4.78, 5) is 3.96. The van der Waals surface area contributed by atoms with Crippen molar-refractivity contribution in [3.63, 3.8) is 0 Å². The molecule has 4 nitrogen and oxygen atoms in total. The first-order chi connectivity index (χ1) is 7.77. The van der Waals surface area contributed by atoms with Crippen LogP contribution in [0.3, 0.4) is 0 Å². The number of aliphatic imine (C=N–C) groups is 1. The van der Waals surface area contributed by atoms with Crippen molar-refractivity contribution in [2.24, 2.45) is 16.5 Å². The highest BCUT2D eigenvalue weighted by molar-refractivity contribution is 14.0. The van der Waals surface area contributed by atoms with Crippen LogP contribution in [0.1, 0.15) is 6.42 Å². The molecule has 0 saturated heterocycles. The first-order valence-corrected chi connectivity index (χ1v) is 5.36. The van der Waals surface area contributed by atoms with Crippen LogP contribution in [0.15, 0.2) is 41.5 Å². The predicted molar refractivity (Wildman–Crippen MR) is 82.6 cm³/mol. The fraction of sp³-hybridized carbons (Fsp3) is 0.250. The molecule has 1 aromatic carbocycles. The first-order valence-electron chi connectivity index (χ1n) is 5.36. The summed E-state index contributed by atoms with van der Waals surface area (Å²) in [6.07, 6.45) is 3.04. The summed E-state index contributed by atoms with van der Waals surface area (Å²) in [5.41, 5.74) is 11.8. The van der Waals surface area contributed by atoms with Crippen molar-refractivity contribution in [2.75, 3.05) is 6.54 Å². The summed E-state index contributed by atoms with van der Waals surface area (Å²) in [5, 5.41) is 1.27. The molecular formula is C12H17IN4. The lowest BCUT2D eigenvalue weighted by Gasteiger charge is -2.03. The second kappa shape index (κ2) is 6.48. The minimum atomic E-state index is 0. The summed E-state index contributed by atoms with van der Waals surface area (Å²) in [5.74, 6) is 0.164. The van der Waals surface area contributed by atoms with Crippen LogP contribution in [0.25, 0.3) is 10.9 Å². The van der Waals surface area contributed by atoms with Crippen LogP contribution >= 0.6 is 24.0 Å². The van der Waals surface area contributed by atoms with Crippen molar-refractivity contribution in [3.05, 3.63) is 36.5 Å². The zero-order chi connectivity index (χ0) is 11.4. The highest BCUT2D eigenvalue weighted by Crippen LogP contribution is 2.15. The molecule has 0 aliphatic heterocycles. The number of hydrogen-bond donors (Lipinski definition) is 2. The first kappa shape index (κ1) is 13.8. The minimum absolute atomic E-state index is 0. The Kier molecular flexibility index (Phi) is 5.27. The van der Waals surface area contributed by atoms with Gasteiger partial charge >= 0.3 is 0 Å². The molecule has 0 amide bonds. The van der Waals surface area contributed by atoms with Crippen molar-refractivity contribution in [1.82, 2.24) is 4.57 Å². The number of rotatable bonds is 4. The van der Waals surface area contributed by atoms with E-state index in [4.69, 9.17) is 11.5 Å². The van der Waals surface area contributed by atoms with Gasteiger partial charge in [0.1, 0.15) is 0 Å². The average molecular weight is 344 g/mol. The number of para-hydroxylation sites is 1. The standard InChI is InChI=1S/C12H16N4.HI/c13-12(14)15-7-3-8-16-9-6-10-4-1-2-5-11(10)16;/h1-2,4-6,9H,3,7-8H2,(H4,13,14,15);1H. The summed E-state index contributed by atoms with van der Waals surface area (Å²) < 4.78 is 2.22. The number of hydrogen-bond acceptors (Lipinski definition) is 1. The molecule has 0 aliphatic rings. The van der Waals surface area contributed by atoms with Gasteiger partial charge in [0.2, 0.25) is 0 Å². The fourth-order valence-corrected chi connectivity index (χ4v) is 1.78. The van der Waals surface area contributed by atoms with Gasteiger partial charge in [-0.2, -0.15) is 0 Å². The summed E-state index contributed by atoms with van der Waals surface area (Å²) >= 11 is 0. The number of nitrogens with two attached hydrogens (primary N) is 2. The van der Waals surface area contributed by atoms with Crippen molar-refractivity contribution < 1.29 is 0 Å². The Labute approximate surface area is 118 Å². The minimum Gasteiger partial charge on any atom is -0.370 e. The van der Waals surface area contributed by atoms with E-state index in [0.717, 1.165) is 13.0 Å². The zero-order valence-electron chi connectivity index (χ0n) is 9.54. The lowest BCUT2D eigenvalue weighted by Crippen LogP contribution is -2.23. The van der Waals surface area contributed by atoms with Crippen LogP contribution < -0.4 is 11.5 Å². The van der Waals surface area contributed by atoms with Gasteiger partial charge in [-0.15, -0.1) is 24.0 Å². The summed E-state index contributed by atoms with van der Waals surface area (Å²) in [6, 6.07) is 10.5. The van der Waals surface area contributed by atoms with Gasteiger partial charge in [-0.25, -0.2) is 0 Å². The maximum Gasteiger partial charge on any atom is 0.185 e. The number of fused-ring (bicyclic) bond motifs is 1. The summed E-state index contributed by atoms with van der Waals surface area (Å²) in [6.45, 7) is 1.61. The van der Waals surface area contributed by atoms with Gasteiger partial charge in [0.15, 0.2) is 5.96 Å². The van der Waals surface area contributed by atoms with Gasteiger partial charge in [0.25, 0.3) is 0 Å². The fourth-order valence-electron chi connectivity index (χ4n) is 1.78. The smallest absolute Gasteiger partial charge is 0.185 e. The Morgan fingerprint density at radius 1 is 1.18 bits per heavy atom. The number of halogens is 1. The molecule has 0 spiro atoms. The van der Waals surface area contributed by atoms with Crippen LogP contribution in [0.2, 0.25) is 0 Å². The van der Waals surface area contributed by atoms with Crippen LogP contribution in [0, 0.1) is 0 Å². The third kappa shape index (κ3) is 3.62. The molecule has 92 valence electrons. The Morgan fingerprint density at radius 3 is 2.71 bits per heavy atom. The van der Waals surface area contributed by atoms with Crippen molar-refractivity contribution in [3.8, 4) is 0 Å². The number of aromatic nitrogens is 1. The van der Waals surface area contributed by atoms with Gasteiger partial charge in [0.05, 0.1) is 0 Å². The molecule has 2 rings (SSSR count). The largest absolute Gasteiger partial charge is 0.370 e. The van der Waals surface area contributed by atoms with E-state index in [9.17, 15) is 0 Å². The van der Waals surface area contributed by atoms with Crippen molar-refractivity contribution in [1.29, 1.82) is 0 Å². The van der Waals surface area contributed by atoms with E-state index in [1.54, 1.807) is 0 Å². The third-order valence-electron chi connectivity index (χ3n) is 2.53. The SMILES string of the molecule is I.NC(N)=NCCCn1ccc2ccccc21. The van der Waals surface area contributed by atoms with Crippen LogP contribution in [0.4, 0.5) is 0 Å². The topological polar surface area (TPSA) is 69.3 Å². The second-order valence-electron chi connectivity index (χ2n) is 3.73. The number of benzene rings is 1. The van der Waals surface area contributed by atoms with E-state index in [1.165, 1.54) is 10.9 Å². The molecule has 0 aliphatic carbocycles. The van der Waals surface area contributed by atoms with E-state index in [0.29, 0.717) is 6.54 Å². The maximum atomic E-state index is 5.26. The number of aryl methyl sites for hydroxylation is 1. The normalized spacial score (nSPS) is 9.88. The lowest BCUT2D eigenvalue weighted by molar-refractivity contribution is 0.671. The molecule has 0 atom stereocenters. The molecule has 0 unspecified atom stereocenters. The van der Waals surface area contributed by atoms with E-state index < -0.39 is 0 Å². The van der Waals surface area contributed by atoms with Gasteiger partial charge < -0.3 is 16.0 Å². The third-order valence-corrected chi connectivity index (χ3v) is 2.53. The van der Waals surface area contributed by atoms with Gasteiger partial charge in [-0.05, 0) is 23.9 Å². The van der Waals surface area contributed by atoms with E-state index in [1.807, 2.05) is 6.07 Å². The Morgan fingerprint density at radius 2 is 1.94 bits per heavy atom. The summed E-state index contributed by atoms with van der Waals surface area (Å²) in [7, 11) is 0. The van der Waals surface area contributed by atoms with Crippen LogP contribution in [0.5, 0.6) is 0 Å². The molecule has 2 aromatic rings. The molecule has 4 N–H and O–H groups in total. The van der Waals surface area contributed by atoms with Gasteiger partial charge in [-0.3, -0.25) is 4.99 Å². The van der Waals surface area contributed by atoms with Crippen molar-refractivity contribution in [2.45, 2.75) is 13.0 Å². The van der Waals surface area contributed by atoms with E-state index >= 15 is 0 Å². The Bertz CT molecular complexity index is 500. The maximum absolute atomic E-state index is 5.26. The zero-order valence-corrected chi connectivity index (χ0v) is 11.9. The molecule has 1 aromatic heterocycles. The van der Waals surface area contributed by atoms with E-state index in [2.05, 4.69) is 40.0 Å². The monoisotopic (exact) mass is 344 g/mol. The highest BCUT2D eigenvalue weighted by Gasteiger charge is 1.98. The number of nitrogens with zero attached hydrogens (tertiary/aromatic N) is 2.